The molecule has 8 N–H and O–H groups in total. The number of Topliss-reactive ketones (excluding diaryl/α,β-unsaturated/α-hetero) is 1. The van der Waals surface area contributed by atoms with E-state index in [1.54, 1.807) is 0 Å². The molecule has 1 fully saturated rings. The summed E-state index contributed by atoms with van der Waals surface area (Å²) in [6.45, 7) is -0.711. The molecule has 0 bridgehead atoms. The summed E-state index contributed by atoms with van der Waals surface area (Å²) < 4.78 is 11.1. The first-order valence-electron chi connectivity index (χ1n) is 9.75. The van der Waals surface area contributed by atoms with E-state index in [0.717, 1.165) is 6.07 Å². The van der Waals surface area contributed by atoms with Crippen molar-refractivity contribution in [2.75, 3.05) is 6.61 Å². The Labute approximate surface area is 181 Å². The van der Waals surface area contributed by atoms with E-state index in [0.29, 0.717) is 5.56 Å². The number of carbonyl (C=O) groups excluding carboxylic acids is 1. The summed E-state index contributed by atoms with van der Waals surface area (Å²) in [5.74, 6) is -2.85. The standard InChI is InChI=1S/C21H22O11/c22-6-14-17(27)19(29)20(30)21(32-14)16-11(26)5-13-15(18(16)28)10(25)4-12(31-13)7-1-2-8(23)9(24)3-7/h1-3,5,12,14,17,19-24,26-30H,4,6H2/t12-,14-,17+,19-,20-,21+/m1/s1. The van der Waals surface area contributed by atoms with Crippen molar-refractivity contribution in [2.24, 2.45) is 0 Å². The van der Waals surface area contributed by atoms with E-state index in [2.05, 4.69) is 0 Å². The minimum atomic E-state index is -1.78. The third-order valence-corrected chi connectivity index (χ3v) is 5.75. The van der Waals surface area contributed by atoms with Gasteiger partial charge in [0.25, 0.3) is 0 Å². The van der Waals surface area contributed by atoms with E-state index in [1.165, 1.54) is 18.2 Å². The topological polar surface area (TPSA) is 197 Å². The third kappa shape index (κ3) is 3.49. The van der Waals surface area contributed by atoms with E-state index < -0.39 is 71.8 Å². The summed E-state index contributed by atoms with van der Waals surface area (Å²) >= 11 is 0. The summed E-state index contributed by atoms with van der Waals surface area (Å²) in [5, 5.41) is 80.1. The summed E-state index contributed by atoms with van der Waals surface area (Å²) in [4.78, 5) is 12.8. The number of aromatic hydroxyl groups is 4. The Morgan fingerprint density at radius 2 is 1.62 bits per heavy atom. The maximum atomic E-state index is 12.8. The monoisotopic (exact) mass is 450 g/mol. The van der Waals surface area contributed by atoms with Crippen LogP contribution in [0, 0.1) is 0 Å². The Kier molecular flexibility index (Phi) is 5.61. The molecule has 0 radical (unpaired) electrons. The average molecular weight is 450 g/mol. The number of phenols is 4. The lowest BCUT2D eigenvalue weighted by molar-refractivity contribution is -0.232. The largest absolute Gasteiger partial charge is 0.507 e. The van der Waals surface area contributed by atoms with E-state index >= 15 is 0 Å². The number of ketones is 1. The smallest absolute Gasteiger partial charge is 0.174 e. The molecule has 2 aliphatic heterocycles. The van der Waals surface area contributed by atoms with Gasteiger partial charge in [-0.2, -0.15) is 0 Å². The Morgan fingerprint density at radius 1 is 0.906 bits per heavy atom. The Hall–Kier alpha value is -3.09. The number of fused-ring (bicyclic) bond motifs is 1. The van der Waals surface area contributed by atoms with Crippen LogP contribution in [0.4, 0.5) is 0 Å². The van der Waals surface area contributed by atoms with Crippen molar-refractivity contribution in [3.63, 3.8) is 0 Å². The maximum absolute atomic E-state index is 12.8. The van der Waals surface area contributed by atoms with Gasteiger partial charge in [0.2, 0.25) is 0 Å². The molecule has 11 nitrogen and oxygen atoms in total. The normalized spacial score (nSPS) is 29.9. The van der Waals surface area contributed by atoms with Gasteiger partial charge in [-0.3, -0.25) is 4.79 Å². The van der Waals surface area contributed by atoms with Crippen LogP contribution in [-0.2, 0) is 4.74 Å². The van der Waals surface area contributed by atoms with Crippen molar-refractivity contribution in [3.8, 4) is 28.7 Å². The van der Waals surface area contributed by atoms with Crippen LogP contribution in [0.2, 0.25) is 0 Å². The van der Waals surface area contributed by atoms with Crippen molar-refractivity contribution >= 4 is 5.78 Å². The molecule has 11 heteroatoms. The highest BCUT2D eigenvalue weighted by atomic mass is 16.5. The predicted molar refractivity (Wildman–Crippen MR) is 105 cm³/mol. The molecular weight excluding hydrogens is 428 g/mol. The van der Waals surface area contributed by atoms with Crippen LogP contribution in [0.3, 0.4) is 0 Å². The molecule has 4 rings (SSSR count). The van der Waals surface area contributed by atoms with Crippen LogP contribution in [-0.4, -0.2) is 77.7 Å². The minimum absolute atomic E-state index is 0.165. The second kappa shape index (κ2) is 8.11. The first-order valence-corrected chi connectivity index (χ1v) is 9.75. The molecule has 2 aromatic rings. The first kappa shape index (κ1) is 22.1. The van der Waals surface area contributed by atoms with Crippen molar-refractivity contribution in [2.45, 2.75) is 43.0 Å². The number of rotatable bonds is 3. The van der Waals surface area contributed by atoms with Gasteiger partial charge in [-0.25, -0.2) is 0 Å². The van der Waals surface area contributed by atoms with Crippen LogP contribution in [0.25, 0.3) is 0 Å². The summed E-state index contributed by atoms with van der Waals surface area (Å²) in [6.07, 6.45) is -9.14. The Morgan fingerprint density at radius 3 is 2.28 bits per heavy atom. The quantitative estimate of drug-likeness (QED) is 0.287. The molecule has 2 heterocycles. The number of carbonyl (C=O) groups is 1. The fourth-order valence-electron chi connectivity index (χ4n) is 4.02. The minimum Gasteiger partial charge on any atom is -0.507 e. The SMILES string of the molecule is O=C1C[C@H](c2ccc(O)c(O)c2)Oc2cc(O)c([C@@H]3O[C@H](CO)[C@H](O)[C@@H](O)[C@H]3O)c(O)c21. The molecule has 0 amide bonds. The molecule has 2 aromatic carbocycles. The number of ether oxygens (including phenoxy) is 2. The highest BCUT2D eigenvalue weighted by Gasteiger charge is 2.47. The predicted octanol–water partition coefficient (Wildman–Crippen LogP) is -0.270. The Balaban J connectivity index is 1.72. The van der Waals surface area contributed by atoms with Gasteiger partial charge >= 0.3 is 0 Å². The molecule has 0 saturated carbocycles. The van der Waals surface area contributed by atoms with Gasteiger partial charge in [-0.05, 0) is 17.7 Å². The molecule has 1 saturated heterocycles. The van der Waals surface area contributed by atoms with Crippen LogP contribution in [0.1, 0.15) is 40.1 Å². The summed E-state index contributed by atoms with van der Waals surface area (Å²) in [5.41, 5.74) is -0.316. The second-order valence-electron chi connectivity index (χ2n) is 7.76. The highest BCUT2D eigenvalue weighted by Crippen LogP contribution is 2.49. The van der Waals surface area contributed by atoms with Gasteiger partial charge in [-0.15, -0.1) is 0 Å². The molecule has 32 heavy (non-hydrogen) atoms. The van der Waals surface area contributed by atoms with Crippen molar-refractivity contribution < 1.29 is 55.1 Å². The van der Waals surface area contributed by atoms with Gasteiger partial charge in [0.05, 0.1) is 18.6 Å². The summed E-state index contributed by atoms with van der Waals surface area (Å²) in [6, 6.07) is 4.93. The maximum Gasteiger partial charge on any atom is 0.174 e. The van der Waals surface area contributed by atoms with E-state index in [1.807, 2.05) is 0 Å². The van der Waals surface area contributed by atoms with Crippen LogP contribution in [0.15, 0.2) is 24.3 Å². The van der Waals surface area contributed by atoms with Crippen LogP contribution >= 0.6 is 0 Å². The molecular formula is C21H22O11. The molecule has 0 spiro atoms. The molecule has 0 aromatic heterocycles. The van der Waals surface area contributed by atoms with Gasteiger partial charge < -0.3 is 50.3 Å². The fraction of sp³-hybridized carbons (Fsp3) is 0.381. The first-order chi connectivity index (χ1) is 15.1. The van der Waals surface area contributed by atoms with Crippen LogP contribution in [0.5, 0.6) is 28.7 Å². The zero-order valence-corrected chi connectivity index (χ0v) is 16.5. The van der Waals surface area contributed by atoms with Crippen LogP contribution < -0.4 is 4.74 Å². The molecule has 0 aliphatic carbocycles. The zero-order valence-electron chi connectivity index (χ0n) is 16.5. The summed E-state index contributed by atoms with van der Waals surface area (Å²) in [7, 11) is 0. The van der Waals surface area contributed by atoms with Gasteiger partial charge in [-0.1, -0.05) is 6.07 Å². The van der Waals surface area contributed by atoms with E-state index in [-0.39, 0.29) is 23.5 Å². The number of benzene rings is 2. The van der Waals surface area contributed by atoms with Crippen molar-refractivity contribution in [3.05, 3.63) is 41.0 Å². The van der Waals surface area contributed by atoms with E-state index in [4.69, 9.17) is 9.47 Å². The molecule has 0 unspecified atom stereocenters. The van der Waals surface area contributed by atoms with Gasteiger partial charge in [0.1, 0.15) is 59.4 Å². The third-order valence-electron chi connectivity index (χ3n) is 5.75. The van der Waals surface area contributed by atoms with Gasteiger partial charge in [0.15, 0.2) is 17.3 Å². The lowest BCUT2D eigenvalue weighted by atomic mass is 9.87. The van der Waals surface area contributed by atoms with Crippen molar-refractivity contribution in [1.82, 2.24) is 0 Å². The number of hydrogen-bond donors (Lipinski definition) is 8. The molecule has 2 aliphatic rings. The van der Waals surface area contributed by atoms with E-state index in [9.17, 15) is 45.6 Å². The fourth-order valence-corrected chi connectivity index (χ4v) is 4.02. The number of aliphatic hydroxyl groups is 4. The lowest BCUT2D eigenvalue weighted by Gasteiger charge is -2.40. The molecule has 172 valence electrons. The van der Waals surface area contributed by atoms with Crippen molar-refractivity contribution in [1.29, 1.82) is 0 Å². The number of hydrogen-bond acceptors (Lipinski definition) is 11. The zero-order chi connectivity index (χ0) is 23.3. The number of aliphatic hydroxyl groups excluding tert-OH is 4. The average Bonchev–Trinajstić information content (AvgIpc) is 2.74. The molecule has 6 atom stereocenters. The lowest BCUT2D eigenvalue weighted by Crippen LogP contribution is -2.55. The van der Waals surface area contributed by atoms with Gasteiger partial charge in [0, 0.05) is 6.07 Å². The Bertz CT molecular complexity index is 1050. The second-order valence-corrected chi connectivity index (χ2v) is 7.76. The highest BCUT2D eigenvalue weighted by molar-refractivity contribution is 6.03. The number of phenolic OH excluding ortho intramolecular Hbond substituents is 4.